The topological polar surface area (TPSA) is 32.3 Å². The second-order valence-electron chi connectivity index (χ2n) is 4.19. The molecule has 0 spiro atoms. The number of benzene rings is 1. The average Bonchev–Trinajstić information content (AvgIpc) is 2.20. The second-order valence-corrected chi connectivity index (χ2v) is 4.60. The lowest BCUT2D eigenvalue weighted by molar-refractivity contribution is 0.0607. The molecular formula is C12H17ClFNO. The first-order chi connectivity index (χ1) is 7.44. The molecule has 2 N–H and O–H groups in total. The molecule has 0 aromatic heterocycles. The largest absolute Gasteiger partial charge is 0.389 e. The van der Waals surface area contributed by atoms with Gasteiger partial charge in [0.1, 0.15) is 5.82 Å². The Labute approximate surface area is 100 Å². The van der Waals surface area contributed by atoms with Crippen LogP contribution >= 0.6 is 11.6 Å². The fourth-order valence-corrected chi connectivity index (χ4v) is 1.73. The molecule has 0 aliphatic rings. The summed E-state index contributed by atoms with van der Waals surface area (Å²) in [6.07, 6.45) is 0.330. The highest BCUT2D eigenvalue weighted by atomic mass is 35.5. The van der Waals surface area contributed by atoms with Crippen LogP contribution in [0.15, 0.2) is 18.2 Å². The third-order valence-corrected chi connectivity index (χ3v) is 2.70. The number of likely N-dealkylation sites (N-methyl/N-ethyl adjacent to an activating group) is 1. The van der Waals surface area contributed by atoms with Crippen molar-refractivity contribution in [1.29, 1.82) is 0 Å². The number of hydrogen-bond donors (Lipinski definition) is 2. The molecule has 4 heteroatoms. The quantitative estimate of drug-likeness (QED) is 0.835. The summed E-state index contributed by atoms with van der Waals surface area (Å²) in [4.78, 5) is 0. The SMILES string of the molecule is CCNCC(C)(O)Cc1cc(F)ccc1Cl. The molecule has 2 nitrogen and oxygen atoms in total. The van der Waals surface area contributed by atoms with Gasteiger partial charge >= 0.3 is 0 Å². The Bertz CT molecular complexity index is 355. The van der Waals surface area contributed by atoms with E-state index >= 15 is 0 Å². The van der Waals surface area contributed by atoms with Gasteiger partial charge in [0.05, 0.1) is 5.60 Å². The lowest BCUT2D eigenvalue weighted by Crippen LogP contribution is -2.39. The van der Waals surface area contributed by atoms with Crippen LogP contribution in [-0.2, 0) is 6.42 Å². The van der Waals surface area contributed by atoms with Crippen LogP contribution in [0, 0.1) is 5.82 Å². The summed E-state index contributed by atoms with van der Waals surface area (Å²) < 4.78 is 13.0. The molecule has 0 aliphatic carbocycles. The average molecular weight is 246 g/mol. The van der Waals surface area contributed by atoms with Gasteiger partial charge in [-0.05, 0) is 37.2 Å². The molecule has 16 heavy (non-hydrogen) atoms. The van der Waals surface area contributed by atoms with Crippen molar-refractivity contribution >= 4 is 11.6 Å². The Balaban J connectivity index is 2.74. The van der Waals surface area contributed by atoms with Crippen molar-refractivity contribution < 1.29 is 9.50 Å². The molecule has 1 unspecified atom stereocenters. The third kappa shape index (κ3) is 4.08. The van der Waals surface area contributed by atoms with Crippen molar-refractivity contribution in [1.82, 2.24) is 5.32 Å². The molecule has 1 atom stereocenters. The third-order valence-electron chi connectivity index (χ3n) is 2.33. The Hall–Kier alpha value is -0.640. The van der Waals surface area contributed by atoms with Gasteiger partial charge in [-0.1, -0.05) is 18.5 Å². The maximum Gasteiger partial charge on any atom is 0.123 e. The Morgan fingerprint density at radius 1 is 1.50 bits per heavy atom. The minimum Gasteiger partial charge on any atom is -0.389 e. The summed E-state index contributed by atoms with van der Waals surface area (Å²) in [5.74, 6) is -0.335. The van der Waals surface area contributed by atoms with Crippen LogP contribution in [0.3, 0.4) is 0 Å². The number of halogens is 2. The molecule has 1 aromatic rings. The van der Waals surface area contributed by atoms with Crippen LogP contribution in [0.5, 0.6) is 0 Å². The van der Waals surface area contributed by atoms with Crippen molar-refractivity contribution in [2.24, 2.45) is 0 Å². The van der Waals surface area contributed by atoms with E-state index in [1.54, 1.807) is 6.92 Å². The molecule has 0 saturated heterocycles. The molecule has 1 rings (SSSR count). The van der Waals surface area contributed by atoms with E-state index in [-0.39, 0.29) is 5.82 Å². The highest BCUT2D eigenvalue weighted by Crippen LogP contribution is 2.22. The molecule has 0 saturated carbocycles. The number of nitrogens with one attached hydrogen (secondary N) is 1. The Kier molecular flexibility index (Phi) is 4.71. The van der Waals surface area contributed by atoms with Gasteiger partial charge in [-0.3, -0.25) is 0 Å². The van der Waals surface area contributed by atoms with Gasteiger partial charge in [0.2, 0.25) is 0 Å². The predicted octanol–water partition coefficient (Wildman–Crippen LogP) is 2.38. The summed E-state index contributed by atoms with van der Waals surface area (Å²) >= 11 is 5.94. The van der Waals surface area contributed by atoms with Crippen LogP contribution in [0.1, 0.15) is 19.4 Å². The van der Waals surface area contributed by atoms with Crippen LogP contribution in [0.2, 0.25) is 5.02 Å². The van der Waals surface area contributed by atoms with Crippen LogP contribution in [-0.4, -0.2) is 23.8 Å². The smallest absolute Gasteiger partial charge is 0.123 e. The highest BCUT2D eigenvalue weighted by Gasteiger charge is 2.21. The van der Waals surface area contributed by atoms with E-state index in [9.17, 15) is 9.50 Å². The lowest BCUT2D eigenvalue weighted by Gasteiger charge is -2.24. The zero-order chi connectivity index (χ0) is 12.2. The summed E-state index contributed by atoms with van der Waals surface area (Å²) in [6, 6.07) is 4.18. The van der Waals surface area contributed by atoms with E-state index in [0.717, 1.165) is 6.54 Å². The monoisotopic (exact) mass is 245 g/mol. The number of aliphatic hydroxyl groups is 1. The van der Waals surface area contributed by atoms with Crippen LogP contribution in [0.4, 0.5) is 4.39 Å². The fraction of sp³-hybridized carbons (Fsp3) is 0.500. The maximum atomic E-state index is 13.0. The van der Waals surface area contributed by atoms with Crippen LogP contribution < -0.4 is 5.32 Å². The summed E-state index contributed by atoms with van der Waals surface area (Å²) in [5, 5.41) is 13.6. The fourth-order valence-electron chi connectivity index (χ4n) is 1.55. The van der Waals surface area contributed by atoms with Gasteiger partial charge in [-0.2, -0.15) is 0 Å². The zero-order valence-corrected chi connectivity index (χ0v) is 10.3. The molecule has 0 aliphatic heterocycles. The van der Waals surface area contributed by atoms with Crippen molar-refractivity contribution in [3.63, 3.8) is 0 Å². The summed E-state index contributed by atoms with van der Waals surface area (Å²) in [5.41, 5.74) is -0.294. The minimum atomic E-state index is -0.923. The van der Waals surface area contributed by atoms with Crippen molar-refractivity contribution in [3.05, 3.63) is 34.6 Å². The highest BCUT2D eigenvalue weighted by molar-refractivity contribution is 6.31. The van der Waals surface area contributed by atoms with Crippen LogP contribution in [0.25, 0.3) is 0 Å². The standard InChI is InChI=1S/C12H17ClFNO/c1-3-15-8-12(2,16)7-9-6-10(14)4-5-11(9)13/h4-6,15-16H,3,7-8H2,1-2H3. The zero-order valence-electron chi connectivity index (χ0n) is 9.56. The van der Waals surface area contributed by atoms with Gasteiger partial charge in [-0.25, -0.2) is 4.39 Å². The van der Waals surface area contributed by atoms with Crippen molar-refractivity contribution in [2.45, 2.75) is 25.9 Å². The van der Waals surface area contributed by atoms with Crippen molar-refractivity contribution in [2.75, 3.05) is 13.1 Å². The van der Waals surface area contributed by atoms with Gasteiger partial charge in [0, 0.05) is 18.0 Å². The van der Waals surface area contributed by atoms with E-state index in [2.05, 4.69) is 5.32 Å². The molecule has 0 radical (unpaired) electrons. The molecule has 1 aromatic carbocycles. The first-order valence-electron chi connectivity index (χ1n) is 5.31. The minimum absolute atomic E-state index is 0.330. The van der Waals surface area contributed by atoms with Crippen molar-refractivity contribution in [3.8, 4) is 0 Å². The van der Waals surface area contributed by atoms with E-state index in [0.29, 0.717) is 23.6 Å². The molecule has 0 fully saturated rings. The van der Waals surface area contributed by atoms with E-state index in [4.69, 9.17) is 11.6 Å². The first kappa shape index (κ1) is 13.4. The van der Waals surface area contributed by atoms with E-state index in [1.165, 1.54) is 18.2 Å². The lowest BCUT2D eigenvalue weighted by atomic mass is 9.96. The predicted molar refractivity (Wildman–Crippen MR) is 64.3 cm³/mol. The number of rotatable bonds is 5. The van der Waals surface area contributed by atoms with E-state index in [1.807, 2.05) is 6.92 Å². The van der Waals surface area contributed by atoms with E-state index < -0.39 is 5.60 Å². The second kappa shape index (κ2) is 5.62. The molecular weight excluding hydrogens is 229 g/mol. The summed E-state index contributed by atoms with van der Waals surface area (Å²) in [7, 11) is 0. The van der Waals surface area contributed by atoms with Gasteiger partial charge in [0.15, 0.2) is 0 Å². The van der Waals surface area contributed by atoms with Gasteiger partial charge < -0.3 is 10.4 Å². The molecule has 90 valence electrons. The number of hydrogen-bond acceptors (Lipinski definition) is 2. The Morgan fingerprint density at radius 3 is 2.81 bits per heavy atom. The molecule has 0 bridgehead atoms. The Morgan fingerprint density at radius 2 is 2.19 bits per heavy atom. The van der Waals surface area contributed by atoms with Gasteiger partial charge in [-0.15, -0.1) is 0 Å². The molecule has 0 amide bonds. The molecule has 0 heterocycles. The summed E-state index contributed by atoms with van der Waals surface area (Å²) in [6.45, 7) is 4.91. The maximum absolute atomic E-state index is 13.0. The normalized spacial score (nSPS) is 14.8. The van der Waals surface area contributed by atoms with Gasteiger partial charge in [0.25, 0.3) is 0 Å². The first-order valence-corrected chi connectivity index (χ1v) is 5.69.